The van der Waals surface area contributed by atoms with Crippen LogP contribution in [-0.4, -0.2) is 40.6 Å². The third kappa shape index (κ3) is 7.24. The Hall–Kier alpha value is -1.40. The van der Waals surface area contributed by atoms with Crippen molar-refractivity contribution in [3.63, 3.8) is 0 Å². The van der Waals surface area contributed by atoms with Crippen molar-refractivity contribution in [3.05, 3.63) is 18.7 Å². The van der Waals surface area contributed by atoms with Crippen molar-refractivity contribution < 1.29 is 19.1 Å². The number of nitrogens with zero attached hydrogens (tertiary/aromatic N) is 2. The van der Waals surface area contributed by atoms with Crippen LogP contribution < -0.4 is 4.84 Å². The van der Waals surface area contributed by atoms with E-state index in [1.165, 1.54) is 11.1 Å². The topological polar surface area (TPSA) is 62.6 Å². The molecule has 6 heteroatoms. The van der Waals surface area contributed by atoms with Crippen LogP contribution in [0.4, 0.5) is 0 Å². The van der Waals surface area contributed by atoms with Crippen molar-refractivity contribution in [1.29, 1.82) is 0 Å². The predicted molar refractivity (Wildman–Crippen MR) is 78.8 cm³/mol. The van der Waals surface area contributed by atoms with Gasteiger partial charge in [0.05, 0.1) is 30.4 Å². The van der Waals surface area contributed by atoms with E-state index in [4.69, 9.17) is 14.3 Å². The Bertz CT molecular complexity index is 427. The van der Waals surface area contributed by atoms with Crippen molar-refractivity contribution in [2.75, 3.05) is 13.7 Å². The van der Waals surface area contributed by atoms with Crippen molar-refractivity contribution in [2.45, 2.75) is 58.2 Å². The van der Waals surface area contributed by atoms with E-state index in [2.05, 4.69) is 4.98 Å². The lowest BCUT2D eigenvalue weighted by Crippen LogP contribution is -2.31. The number of ether oxygens (including phenoxy) is 2. The quantitative estimate of drug-likeness (QED) is 0.699. The molecule has 0 aliphatic rings. The van der Waals surface area contributed by atoms with Gasteiger partial charge in [-0.3, -0.25) is 0 Å². The number of hydrogen-bond acceptors (Lipinski definition) is 5. The Kier molecular flexibility index (Phi) is 6.36. The molecule has 0 N–H and O–H groups in total. The number of methoxy groups -OCH3 is 1. The zero-order valence-corrected chi connectivity index (χ0v) is 13.6. The molecule has 0 aliphatic heterocycles. The van der Waals surface area contributed by atoms with Gasteiger partial charge in [0.15, 0.2) is 0 Å². The highest BCUT2D eigenvalue weighted by Crippen LogP contribution is 2.20. The third-order valence-electron chi connectivity index (χ3n) is 3.37. The molecular weight excluding hydrogens is 272 g/mol. The van der Waals surface area contributed by atoms with E-state index in [9.17, 15) is 4.79 Å². The summed E-state index contributed by atoms with van der Waals surface area (Å²) < 4.78 is 12.5. The first kappa shape index (κ1) is 17.7. The van der Waals surface area contributed by atoms with Gasteiger partial charge in [0, 0.05) is 13.3 Å². The highest BCUT2D eigenvalue weighted by Gasteiger charge is 2.23. The monoisotopic (exact) mass is 298 g/mol. The van der Waals surface area contributed by atoms with Crippen LogP contribution in [0, 0.1) is 0 Å². The zero-order chi connectivity index (χ0) is 15.9. The van der Waals surface area contributed by atoms with Crippen LogP contribution in [0.15, 0.2) is 18.7 Å². The molecule has 1 aromatic rings. The first-order valence-electron chi connectivity index (χ1n) is 7.12. The summed E-state index contributed by atoms with van der Waals surface area (Å²) in [5.41, 5.74) is -0.575. The Labute approximate surface area is 126 Å². The molecule has 0 atom stereocenters. The minimum Gasteiger partial charge on any atom is -0.379 e. The second-order valence-corrected chi connectivity index (χ2v) is 6.21. The molecule has 1 aromatic heterocycles. The Balaban J connectivity index is 2.27. The van der Waals surface area contributed by atoms with Gasteiger partial charge in [0.1, 0.15) is 6.33 Å². The van der Waals surface area contributed by atoms with E-state index in [-0.39, 0.29) is 17.2 Å². The molecule has 0 saturated heterocycles. The first-order valence-corrected chi connectivity index (χ1v) is 7.12. The molecule has 6 nitrogen and oxygen atoms in total. The fourth-order valence-corrected chi connectivity index (χ4v) is 1.61. The number of imidazole rings is 1. The normalized spacial score (nSPS) is 12.4. The largest absolute Gasteiger partial charge is 0.379 e. The lowest BCUT2D eigenvalue weighted by Gasteiger charge is -2.28. The molecule has 0 amide bonds. The lowest BCUT2D eigenvalue weighted by molar-refractivity contribution is -0.146. The van der Waals surface area contributed by atoms with Gasteiger partial charge in [-0.1, -0.05) is 0 Å². The van der Waals surface area contributed by atoms with E-state index in [0.29, 0.717) is 19.4 Å². The second kappa shape index (κ2) is 7.56. The van der Waals surface area contributed by atoms with E-state index >= 15 is 0 Å². The molecule has 21 heavy (non-hydrogen) atoms. The SMILES string of the molecule is COC(C)(C)CCOC(C)(C)CCC(=O)On1ccnc1. The fourth-order valence-electron chi connectivity index (χ4n) is 1.61. The second-order valence-electron chi connectivity index (χ2n) is 6.21. The Morgan fingerprint density at radius 2 is 1.90 bits per heavy atom. The third-order valence-corrected chi connectivity index (χ3v) is 3.37. The summed E-state index contributed by atoms with van der Waals surface area (Å²) in [5.74, 6) is -0.304. The minimum absolute atomic E-state index is 0.198. The number of aromatic nitrogens is 2. The standard InChI is InChI=1S/C15H26N2O4/c1-14(2,19-5)8-11-20-15(3,4)7-6-13(18)21-17-10-9-16-12-17/h9-10,12H,6-8,11H2,1-5H3. The van der Waals surface area contributed by atoms with Crippen molar-refractivity contribution in [2.24, 2.45) is 0 Å². The molecule has 120 valence electrons. The molecule has 0 radical (unpaired) electrons. The number of rotatable bonds is 9. The van der Waals surface area contributed by atoms with Crippen LogP contribution in [-0.2, 0) is 14.3 Å². The fraction of sp³-hybridized carbons (Fsp3) is 0.733. The molecule has 0 bridgehead atoms. The van der Waals surface area contributed by atoms with Crippen molar-refractivity contribution >= 4 is 5.97 Å². The first-order chi connectivity index (χ1) is 9.74. The molecule has 1 heterocycles. The van der Waals surface area contributed by atoms with E-state index in [1.54, 1.807) is 19.5 Å². The van der Waals surface area contributed by atoms with Crippen molar-refractivity contribution in [1.82, 2.24) is 9.71 Å². The molecular formula is C15H26N2O4. The summed E-state index contributed by atoms with van der Waals surface area (Å²) >= 11 is 0. The van der Waals surface area contributed by atoms with E-state index in [1.807, 2.05) is 27.7 Å². The molecule has 0 unspecified atom stereocenters. The van der Waals surface area contributed by atoms with Gasteiger partial charge in [-0.2, -0.15) is 4.73 Å². The van der Waals surface area contributed by atoms with Crippen LogP contribution >= 0.6 is 0 Å². The molecule has 1 rings (SSSR count). The average molecular weight is 298 g/mol. The van der Waals surface area contributed by atoms with E-state index in [0.717, 1.165) is 6.42 Å². The number of hydrogen-bond donors (Lipinski definition) is 0. The van der Waals surface area contributed by atoms with Crippen LogP contribution in [0.5, 0.6) is 0 Å². The van der Waals surface area contributed by atoms with Gasteiger partial charge in [-0.05, 0) is 40.5 Å². The van der Waals surface area contributed by atoms with Crippen LogP contribution in [0.25, 0.3) is 0 Å². The average Bonchev–Trinajstić information content (AvgIpc) is 2.89. The summed E-state index contributed by atoms with van der Waals surface area (Å²) in [4.78, 5) is 20.6. The van der Waals surface area contributed by atoms with Crippen LogP contribution in [0.2, 0.25) is 0 Å². The van der Waals surface area contributed by atoms with Gasteiger partial charge in [-0.15, -0.1) is 0 Å². The van der Waals surface area contributed by atoms with E-state index < -0.39 is 0 Å². The maximum atomic E-state index is 11.7. The lowest BCUT2D eigenvalue weighted by atomic mass is 10.0. The van der Waals surface area contributed by atoms with Gasteiger partial charge in [0.25, 0.3) is 0 Å². The molecule has 0 aliphatic carbocycles. The Morgan fingerprint density at radius 3 is 2.48 bits per heavy atom. The number of carbonyl (C=O) groups excluding carboxylic acids is 1. The van der Waals surface area contributed by atoms with Gasteiger partial charge < -0.3 is 14.3 Å². The zero-order valence-electron chi connectivity index (χ0n) is 13.6. The number of carbonyl (C=O) groups is 1. The minimum atomic E-state index is -0.377. The predicted octanol–water partition coefficient (Wildman–Crippen LogP) is 2.23. The summed E-state index contributed by atoms with van der Waals surface area (Å²) in [6.07, 6.45) is 6.25. The van der Waals surface area contributed by atoms with Crippen LogP contribution in [0.3, 0.4) is 0 Å². The maximum Gasteiger partial charge on any atom is 0.333 e. The summed E-state index contributed by atoms with van der Waals surface area (Å²) in [7, 11) is 1.69. The highest BCUT2D eigenvalue weighted by atomic mass is 16.7. The smallest absolute Gasteiger partial charge is 0.333 e. The van der Waals surface area contributed by atoms with Gasteiger partial charge in [-0.25, -0.2) is 9.78 Å². The van der Waals surface area contributed by atoms with Crippen molar-refractivity contribution in [3.8, 4) is 0 Å². The van der Waals surface area contributed by atoms with Crippen LogP contribution in [0.1, 0.15) is 47.0 Å². The van der Waals surface area contributed by atoms with Gasteiger partial charge >= 0.3 is 5.97 Å². The Morgan fingerprint density at radius 1 is 1.19 bits per heavy atom. The molecule has 0 aromatic carbocycles. The summed E-state index contributed by atoms with van der Waals surface area (Å²) in [6, 6.07) is 0. The van der Waals surface area contributed by atoms with Gasteiger partial charge in [0.2, 0.25) is 0 Å². The highest BCUT2D eigenvalue weighted by molar-refractivity contribution is 5.69. The maximum absolute atomic E-state index is 11.7. The molecule has 0 spiro atoms. The molecule has 0 saturated carbocycles. The molecule has 0 fully saturated rings. The summed E-state index contributed by atoms with van der Waals surface area (Å²) in [6.45, 7) is 8.57. The summed E-state index contributed by atoms with van der Waals surface area (Å²) in [5, 5.41) is 0.